The number of fused-ring (bicyclic) bond motifs is 1. The number of hydrogen-bond acceptors (Lipinski definition) is 5. The summed E-state index contributed by atoms with van der Waals surface area (Å²) in [5.41, 5.74) is 0.877. The number of ether oxygens (including phenoxy) is 3. The third-order valence-electron chi connectivity index (χ3n) is 3.84. The van der Waals surface area contributed by atoms with Gasteiger partial charge in [0.1, 0.15) is 6.04 Å². The van der Waals surface area contributed by atoms with Crippen molar-refractivity contribution in [1.29, 1.82) is 0 Å². The lowest BCUT2D eigenvalue weighted by atomic mass is 9.99. The van der Waals surface area contributed by atoms with E-state index in [-0.39, 0.29) is 12.7 Å². The summed E-state index contributed by atoms with van der Waals surface area (Å²) in [6.45, 7) is 4.37. The van der Waals surface area contributed by atoms with Crippen molar-refractivity contribution in [2.75, 3.05) is 13.9 Å². The van der Waals surface area contributed by atoms with Crippen LogP contribution >= 0.6 is 0 Å². The average molecular weight is 322 g/mol. The van der Waals surface area contributed by atoms with Gasteiger partial charge in [0.2, 0.25) is 6.79 Å². The van der Waals surface area contributed by atoms with E-state index < -0.39 is 18.0 Å². The molecule has 0 unspecified atom stereocenters. The lowest BCUT2D eigenvalue weighted by Gasteiger charge is -2.22. The quantitative estimate of drug-likeness (QED) is 0.780. The van der Waals surface area contributed by atoms with Gasteiger partial charge in [0, 0.05) is 6.54 Å². The minimum atomic E-state index is -0.665. The van der Waals surface area contributed by atoms with Crippen molar-refractivity contribution in [3.8, 4) is 11.5 Å². The van der Waals surface area contributed by atoms with Gasteiger partial charge in [0.05, 0.1) is 7.11 Å². The number of carbonyl (C=O) groups is 2. The minimum absolute atomic E-state index is 0.0151. The normalized spacial score (nSPS) is 14.7. The van der Waals surface area contributed by atoms with Crippen LogP contribution in [0.25, 0.3) is 0 Å². The molecule has 2 atom stereocenters. The van der Waals surface area contributed by atoms with Crippen LogP contribution in [0.5, 0.6) is 11.5 Å². The number of urea groups is 1. The molecule has 1 aliphatic heterocycles. The van der Waals surface area contributed by atoms with Gasteiger partial charge in [-0.2, -0.15) is 0 Å². The van der Waals surface area contributed by atoms with Gasteiger partial charge < -0.3 is 24.8 Å². The van der Waals surface area contributed by atoms with Crippen LogP contribution < -0.4 is 20.1 Å². The molecule has 0 fully saturated rings. The zero-order chi connectivity index (χ0) is 16.8. The van der Waals surface area contributed by atoms with E-state index in [1.54, 1.807) is 6.07 Å². The van der Waals surface area contributed by atoms with E-state index in [9.17, 15) is 9.59 Å². The van der Waals surface area contributed by atoms with Crippen molar-refractivity contribution in [2.45, 2.75) is 32.9 Å². The van der Waals surface area contributed by atoms with E-state index in [1.165, 1.54) is 7.11 Å². The zero-order valence-corrected chi connectivity index (χ0v) is 13.5. The maximum Gasteiger partial charge on any atom is 0.328 e. The summed E-state index contributed by atoms with van der Waals surface area (Å²) in [4.78, 5) is 23.8. The van der Waals surface area contributed by atoms with Crippen LogP contribution in [0.2, 0.25) is 0 Å². The number of amides is 2. The summed E-state index contributed by atoms with van der Waals surface area (Å²) < 4.78 is 15.3. The van der Waals surface area contributed by atoms with Gasteiger partial charge in [0.15, 0.2) is 11.5 Å². The number of rotatable bonds is 6. The number of methoxy groups -OCH3 is 1. The first-order valence-electron chi connectivity index (χ1n) is 7.55. The molecule has 1 aromatic rings. The van der Waals surface area contributed by atoms with E-state index in [0.29, 0.717) is 18.0 Å². The Labute approximate surface area is 135 Å². The van der Waals surface area contributed by atoms with Crippen molar-refractivity contribution in [3.63, 3.8) is 0 Å². The van der Waals surface area contributed by atoms with Crippen LogP contribution in [0.4, 0.5) is 4.79 Å². The SMILES string of the molecule is CC[C@H](C)[C@H](NC(=O)NCc1ccc2c(c1)OCO2)C(=O)OC. The molecule has 2 amide bonds. The first-order valence-corrected chi connectivity index (χ1v) is 7.55. The molecule has 1 aliphatic rings. The van der Waals surface area contributed by atoms with Gasteiger partial charge in [-0.1, -0.05) is 26.3 Å². The largest absolute Gasteiger partial charge is 0.467 e. The Morgan fingerprint density at radius 3 is 2.74 bits per heavy atom. The van der Waals surface area contributed by atoms with Crippen LogP contribution in [0.15, 0.2) is 18.2 Å². The van der Waals surface area contributed by atoms with Crippen LogP contribution in [0.1, 0.15) is 25.8 Å². The molecule has 0 saturated heterocycles. The second-order valence-corrected chi connectivity index (χ2v) is 5.40. The van der Waals surface area contributed by atoms with Crippen molar-refractivity contribution < 1.29 is 23.8 Å². The third kappa shape index (κ3) is 4.28. The smallest absolute Gasteiger partial charge is 0.328 e. The topological polar surface area (TPSA) is 85.9 Å². The predicted molar refractivity (Wildman–Crippen MR) is 83.2 cm³/mol. The molecule has 0 aromatic heterocycles. The predicted octanol–water partition coefficient (Wildman–Crippen LogP) is 1.80. The molecular formula is C16H22N2O5. The maximum absolute atomic E-state index is 12.0. The van der Waals surface area contributed by atoms with Gasteiger partial charge >= 0.3 is 12.0 Å². The Kier molecular flexibility index (Phi) is 5.67. The molecular weight excluding hydrogens is 300 g/mol. The van der Waals surface area contributed by atoms with Crippen LogP contribution in [-0.4, -0.2) is 31.9 Å². The van der Waals surface area contributed by atoms with Crippen molar-refractivity contribution in [2.24, 2.45) is 5.92 Å². The van der Waals surface area contributed by atoms with Crippen LogP contribution in [0.3, 0.4) is 0 Å². The van der Waals surface area contributed by atoms with E-state index >= 15 is 0 Å². The third-order valence-corrected chi connectivity index (χ3v) is 3.84. The highest BCUT2D eigenvalue weighted by atomic mass is 16.7. The highest BCUT2D eigenvalue weighted by molar-refractivity contribution is 5.83. The lowest BCUT2D eigenvalue weighted by molar-refractivity contribution is -0.144. The molecule has 0 saturated carbocycles. The van der Waals surface area contributed by atoms with Crippen molar-refractivity contribution >= 4 is 12.0 Å². The molecule has 1 aromatic carbocycles. The molecule has 2 N–H and O–H groups in total. The molecule has 126 valence electrons. The molecule has 7 nitrogen and oxygen atoms in total. The van der Waals surface area contributed by atoms with Gasteiger partial charge in [-0.05, 0) is 23.6 Å². The highest BCUT2D eigenvalue weighted by Crippen LogP contribution is 2.32. The van der Waals surface area contributed by atoms with Crippen molar-refractivity contribution in [3.05, 3.63) is 23.8 Å². The summed E-state index contributed by atoms with van der Waals surface area (Å²) in [6, 6.07) is 4.38. The van der Waals surface area contributed by atoms with Crippen LogP contribution in [-0.2, 0) is 16.1 Å². The van der Waals surface area contributed by atoms with Crippen LogP contribution in [0, 0.1) is 5.92 Å². The summed E-state index contributed by atoms with van der Waals surface area (Å²) in [5.74, 6) is 0.897. The number of nitrogens with one attached hydrogen (secondary N) is 2. The zero-order valence-electron chi connectivity index (χ0n) is 13.5. The maximum atomic E-state index is 12.0. The summed E-state index contributed by atoms with van der Waals surface area (Å²) in [6.07, 6.45) is 0.752. The fourth-order valence-corrected chi connectivity index (χ4v) is 2.22. The molecule has 0 aliphatic carbocycles. The lowest BCUT2D eigenvalue weighted by Crippen LogP contribution is -2.49. The molecule has 0 radical (unpaired) electrons. The molecule has 0 bridgehead atoms. The molecule has 2 rings (SSSR count). The first kappa shape index (κ1) is 16.9. The standard InChI is InChI=1S/C16H22N2O5/c1-4-10(2)14(15(19)21-3)18-16(20)17-8-11-5-6-12-13(7-11)23-9-22-12/h5-7,10,14H,4,8-9H2,1-3H3,(H2,17,18,20)/t10-,14-/m0/s1. The Hall–Kier alpha value is -2.44. The highest BCUT2D eigenvalue weighted by Gasteiger charge is 2.26. The molecule has 1 heterocycles. The van der Waals surface area contributed by atoms with E-state index in [1.807, 2.05) is 26.0 Å². The monoisotopic (exact) mass is 322 g/mol. The fraction of sp³-hybridized carbons (Fsp3) is 0.500. The second kappa shape index (κ2) is 7.71. The summed E-state index contributed by atoms with van der Waals surface area (Å²) in [5, 5.41) is 5.38. The molecule has 23 heavy (non-hydrogen) atoms. The fourth-order valence-electron chi connectivity index (χ4n) is 2.22. The van der Waals surface area contributed by atoms with Gasteiger partial charge in [-0.25, -0.2) is 9.59 Å². The van der Waals surface area contributed by atoms with Gasteiger partial charge in [-0.15, -0.1) is 0 Å². The number of benzene rings is 1. The van der Waals surface area contributed by atoms with Gasteiger partial charge in [-0.3, -0.25) is 0 Å². The Balaban J connectivity index is 1.89. The van der Waals surface area contributed by atoms with E-state index in [2.05, 4.69) is 10.6 Å². The molecule has 7 heteroatoms. The van der Waals surface area contributed by atoms with Crippen molar-refractivity contribution in [1.82, 2.24) is 10.6 Å². The summed E-state index contributed by atoms with van der Waals surface area (Å²) in [7, 11) is 1.31. The second-order valence-electron chi connectivity index (χ2n) is 5.40. The Bertz CT molecular complexity index is 576. The summed E-state index contributed by atoms with van der Waals surface area (Å²) >= 11 is 0. The Morgan fingerprint density at radius 2 is 2.04 bits per heavy atom. The van der Waals surface area contributed by atoms with Gasteiger partial charge in [0.25, 0.3) is 0 Å². The molecule has 0 spiro atoms. The van der Waals surface area contributed by atoms with E-state index in [4.69, 9.17) is 14.2 Å². The number of esters is 1. The van der Waals surface area contributed by atoms with E-state index in [0.717, 1.165) is 12.0 Å². The first-order chi connectivity index (χ1) is 11.0. The number of hydrogen-bond donors (Lipinski definition) is 2. The average Bonchev–Trinajstić information content (AvgIpc) is 3.04. The number of carbonyl (C=O) groups excluding carboxylic acids is 2. The Morgan fingerprint density at radius 1 is 1.30 bits per heavy atom. The minimum Gasteiger partial charge on any atom is -0.467 e.